The van der Waals surface area contributed by atoms with Crippen LogP contribution in [-0.2, 0) is 9.53 Å². The SMILES string of the molecule is COC(=O)CC(C)Sc1ncccc1Cl. The van der Waals surface area contributed by atoms with Crippen LogP contribution in [0.5, 0.6) is 0 Å². The number of halogens is 1. The lowest BCUT2D eigenvalue weighted by Gasteiger charge is -2.09. The van der Waals surface area contributed by atoms with Gasteiger partial charge in [-0.25, -0.2) is 4.98 Å². The van der Waals surface area contributed by atoms with Crippen LogP contribution in [-0.4, -0.2) is 23.3 Å². The zero-order valence-corrected chi connectivity index (χ0v) is 10.1. The summed E-state index contributed by atoms with van der Waals surface area (Å²) in [5.41, 5.74) is 0. The van der Waals surface area contributed by atoms with Crippen molar-refractivity contribution in [1.29, 1.82) is 0 Å². The minimum absolute atomic E-state index is 0.102. The molecule has 1 aromatic rings. The molecule has 5 heteroatoms. The molecule has 1 atom stereocenters. The Kier molecular flexibility index (Phi) is 4.91. The van der Waals surface area contributed by atoms with Crippen LogP contribution in [0.4, 0.5) is 0 Å². The van der Waals surface area contributed by atoms with Crippen LogP contribution >= 0.6 is 23.4 Å². The number of esters is 1. The van der Waals surface area contributed by atoms with Crippen molar-refractivity contribution in [1.82, 2.24) is 4.98 Å². The van der Waals surface area contributed by atoms with E-state index in [1.54, 1.807) is 18.3 Å². The number of thioether (sulfide) groups is 1. The molecule has 0 aliphatic rings. The summed E-state index contributed by atoms with van der Waals surface area (Å²) in [4.78, 5) is 15.1. The Bertz CT molecular complexity index is 346. The minimum atomic E-state index is -0.220. The molecule has 1 unspecified atom stereocenters. The lowest BCUT2D eigenvalue weighted by Crippen LogP contribution is -2.08. The molecular formula is C10H12ClNO2S. The summed E-state index contributed by atoms with van der Waals surface area (Å²) in [7, 11) is 1.38. The third-order valence-electron chi connectivity index (χ3n) is 1.72. The van der Waals surface area contributed by atoms with E-state index in [1.807, 2.05) is 6.92 Å². The van der Waals surface area contributed by atoms with E-state index >= 15 is 0 Å². The van der Waals surface area contributed by atoms with Crippen molar-refractivity contribution in [3.63, 3.8) is 0 Å². The second-order valence-electron chi connectivity index (χ2n) is 3.00. The average Bonchev–Trinajstić information content (AvgIpc) is 2.21. The maximum atomic E-state index is 11.0. The van der Waals surface area contributed by atoms with Crippen LogP contribution in [0.1, 0.15) is 13.3 Å². The molecule has 15 heavy (non-hydrogen) atoms. The molecule has 82 valence electrons. The monoisotopic (exact) mass is 245 g/mol. The van der Waals surface area contributed by atoms with Crippen LogP contribution in [0, 0.1) is 0 Å². The molecular weight excluding hydrogens is 234 g/mol. The van der Waals surface area contributed by atoms with Gasteiger partial charge in [0.1, 0.15) is 5.03 Å². The number of pyridine rings is 1. The minimum Gasteiger partial charge on any atom is -0.469 e. The Hall–Kier alpha value is -0.740. The van der Waals surface area contributed by atoms with Crippen LogP contribution in [0.15, 0.2) is 23.4 Å². The first kappa shape index (κ1) is 12.3. The van der Waals surface area contributed by atoms with Gasteiger partial charge < -0.3 is 4.74 Å². The van der Waals surface area contributed by atoms with Crippen LogP contribution in [0.2, 0.25) is 5.02 Å². The molecule has 1 heterocycles. The second kappa shape index (κ2) is 5.98. The Morgan fingerprint density at radius 1 is 1.73 bits per heavy atom. The van der Waals surface area contributed by atoms with E-state index in [-0.39, 0.29) is 11.2 Å². The molecule has 0 aromatic carbocycles. The number of hydrogen-bond donors (Lipinski definition) is 0. The maximum absolute atomic E-state index is 11.0. The topological polar surface area (TPSA) is 39.2 Å². The number of hydrogen-bond acceptors (Lipinski definition) is 4. The van der Waals surface area contributed by atoms with E-state index in [1.165, 1.54) is 18.9 Å². The highest BCUT2D eigenvalue weighted by atomic mass is 35.5. The molecule has 0 radical (unpaired) electrons. The number of ether oxygens (including phenoxy) is 1. The molecule has 1 aromatic heterocycles. The molecule has 0 saturated heterocycles. The van der Waals surface area contributed by atoms with Crippen molar-refractivity contribution in [2.45, 2.75) is 23.6 Å². The molecule has 0 amide bonds. The van der Waals surface area contributed by atoms with E-state index in [0.717, 1.165) is 5.03 Å². The number of aromatic nitrogens is 1. The van der Waals surface area contributed by atoms with Crippen molar-refractivity contribution in [2.75, 3.05) is 7.11 Å². The Balaban J connectivity index is 2.55. The van der Waals surface area contributed by atoms with Gasteiger partial charge in [0, 0.05) is 11.4 Å². The fraction of sp³-hybridized carbons (Fsp3) is 0.400. The Morgan fingerprint density at radius 3 is 3.07 bits per heavy atom. The highest BCUT2D eigenvalue weighted by Crippen LogP contribution is 2.29. The zero-order chi connectivity index (χ0) is 11.3. The van der Waals surface area contributed by atoms with Gasteiger partial charge in [0.2, 0.25) is 0 Å². The summed E-state index contributed by atoms with van der Waals surface area (Å²) < 4.78 is 4.58. The molecule has 0 N–H and O–H groups in total. The summed E-state index contributed by atoms with van der Waals surface area (Å²) in [6, 6.07) is 3.55. The van der Waals surface area contributed by atoms with Crippen LogP contribution in [0.3, 0.4) is 0 Å². The first-order valence-corrected chi connectivity index (χ1v) is 5.73. The van der Waals surface area contributed by atoms with E-state index in [0.29, 0.717) is 11.4 Å². The first-order valence-electron chi connectivity index (χ1n) is 4.47. The van der Waals surface area contributed by atoms with E-state index in [9.17, 15) is 4.79 Å². The van der Waals surface area contributed by atoms with Gasteiger partial charge in [-0.05, 0) is 12.1 Å². The number of carbonyl (C=O) groups excluding carboxylic acids is 1. The number of nitrogens with zero attached hydrogens (tertiary/aromatic N) is 1. The van der Waals surface area contributed by atoms with Crippen molar-refractivity contribution in [2.24, 2.45) is 0 Å². The Morgan fingerprint density at radius 2 is 2.47 bits per heavy atom. The molecule has 0 fully saturated rings. The smallest absolute Gasteiger partial charge is 0.306 e. The summed E-state index contributed by atoms with van der Waals surface area (Å²) in [6.45, 7) is 1.94. The van der Waals surface area contributed by atoms with Gasteiger partial charge in [-0.2, -0.15) is 0 Å². The molecule has 1 rings (SSSR count). The van der Waals surface area contributed by atoms with Crippen molar-refractivity contribution < 1.29 is 9.53 Å². The summed E-state index contributed by atoms with van der Waals surface area (Å²) >= 11 is 7.41. The quantitative estimate of drug-likeness (QED) is 0.604. The maximum Gasteiger partial charge on any atom is 0.306 e. The number of rotatable bonds is 4. The summed E-state index contributed by atoms with van der Waals surface area (Å²) in [5.74, 6) is -0.220. The van der Waals surface area contributed by atoms with Gasteiger partial charge in [0.05, 0.1) is 18.6 Å². The first-order chi connectivity index (χ1) is 7.13. The van der Waals surface area contributed by atoms with Gasteiger partial charge in [0.25, 0.3) is 0 Å². The van der Waals surface area contributed by atoms with Gasteiger partial charge >= 0.3 is 5.97 Å². The van der Waals surface area contributed by atoms with Crippen LogP contribution in [0.25, 0.3) is 0 Å². The lowest BCUT2D eigenvalue weighted by molar-refractivity contribution is -0.140. The van der Waals surface area contributed by atoms with Crippen LogP contribution < -0.4 is 0 Å². The normalized spacial score (nSPS) is 12.2. The molecule has 0 bridgehead atoms. The third kappa shape index (κ3) is 4.10. The molecule has 0 saturated carbocycles. The predicted molar refractivity (Wildman–Crippen MR) is 61.2 cm³/mol. The second-order valence-corrected chi connectivity index (χ2v) is 4.83. The highest BCUT2D eigenvalue weighted by molar-refractivity contribution is 8.00. The van der Waals surface area contributed by atoms with Crippen molar-refractivity contribution >= 4 is 29.3 Å². The molecule has 0 aliphatic carbocycles. The third-order valence-corrected chi connectivity index (χ3v) is 3.25. The van der Waals surface area contributed by atoms with Gasteiger partial charge in [-0.1, -0.05) is 18.5 Å². The van der Waals surface area contributed by atoms with Gasteiger partial charge in [-0.15, -0.1) is 11.8 Å². The average molecular weight is 246 g/mol. The number of methoxy groups -OCH3 is 1. The summed E-state index contributed by atoms with van der Waals surface area (Å²) in [6.07, 6.45) is 2.03. The predicted octanol–water partition coefficient (Wildman–Crippen LogP) is 2.78. The molecule has 0 spiro atoms. The zero-order valence-electron chi connectivity index (χ0n) is 8.57. The Labute approximate surface area is 98.2 Å². The van der Waals surface area contributed by atoms with Crippen molar-refractivity contribution in [3.05, 3.63) is 23.4 Å². The molecule has 0 aliphatic heterocycles. The lowest BCUT2D eigenvalue weighted by atomic mass is 10.3. The fourth-order valence-electron chi connectivity index (χ4n) is 1.01. The highest BCUT2D eigenvalue weighted by Gasteiger charge is 2.12. The van der Waals surface area contributed by atoms with Gasteiger partial charge in [-0.3, -0.25) is 4.79 Å². The number of carbonyl (C=O) groups is 1. The van der Waals surface area contributed by atoms with E-state index in [4.69, 9.17) is 11.6 Å². The standard InChI is InChI=1S/C10H12ClNO2S/c1-7(6-9(13)14-2)15-10-8(11)4-3-5-12-10/h3-5,7H,6H2,1-2H3. The fourth-order valence-corrected chi connectivity index (χ4v) is 2.17. The van der Waals surface area contributed by atoms with Gasteiger partial charge in [0.15, 0.2) is 0 Å². The molecule has 3 nitrogen and oxygen atoms in total. The largest absolute Gasteiger partial charge is 0.469 e. The van der Waals surface area contributed by atoms with Crippen molar-refractivity contribution in [3.8, 4) is 0 Å². The summed E-state index contributed by atoms with van der Waals surface area (Å²) in [5, 5.41) is 1.46. The van der Waals surface area contributed by atoms with E-state index < -0.39 is 0 Å². The van der Waals surface area contributed by atoms with E-state index in [2.05, 4.69) is 9.72 Å².